The van der Waals surface area contributed by atoms with Crippen LogP contribution in [-0.4, -0.2) is 152 Å². The first-order chi connectivity index (χ1) is 65.2. The fraction of sp³-hybridized carbons (Fsp3) is 0.568. The maximum absolute atomic E-state index is 12.9. The summed E-state index contributed by atoms with van der Waals surface area (Å²) in [6, 6.07) is 0. The summed E-state index contributed by atoms with van der Waals surface area (Å²) in [6.07, 6.45) is 0.835. The molecule has 0 bridgehead atoms. The smallest absolute Gasteiger partial charge is 0.332 e. The van der Waals surface area contributed by atoms with Crippen LogP contribution in [0, 0.1) is 20.8 Å². The number of ketones is 5. The Morgan fingerprint density at radius 1 is 0.325 bits per heavy atom. The lowest BCUT2D eigenvalue weighted by Gasteiger charge is -2.09. The van der Waals surface area contributed by atoms with E-state index in [1.807, 2.05) is 0 Å². The number of carbonyl (C=O) groups is 5. The summed E-state index contributed by atoms with van der Waals surface area (Å²) >= 11 is 0. The van der Waals surface area contributed by atoms with Gasteiger partial charge in [-0.2, -0.15) is 0 Å². The van der Waals surface area contributed by atoms with E-state index in [1.54, 1.807) is 70.0 Å². The highest BCUT2D eigenvalue weighted by atomic mass is 16.3. The lowest BCUT2D eigenvalue weighted by atomic mass is 10.2. The van der Waals surface area contributed by atoms with Gasteiger partial charge in [0.05, 0.1) is 26.4 Å². The normalized spacial score (nSPS) is 14.8. The average molecular weight is 1730 g/mol. The van der Waals surface area contributed by atoms with Crippen molar-refractivity contribution in [3.05, 3.63) is 161 Å². The van der Waals surface area contributed by atoms with E-state index in [9.17, 15) is 86.6 Å². The number of hydrogen-bond donors (Lipinski definition) is 1. The molecule has 668 valence electrons. The Morgan fingerprint density at radius 3 is 0.829 bits per heavy atom. The molecule has 0 fully saturated rings. The lowest BCUT2D eigenvalue weighted by Crippen LogP contribution is -2.39. The number of aryl methyl sites for hydroxylation is 15. The molecule has 0 aliphatic heterocycles. The van der Waals surface area contributed by atoms with Crippen LogP contribution in [0.2, 0.25) is 0 Å². The summed E-state index contributed by atoms with van der Waals surface area (Å²) < 4.78 is 163. The van der Waals surface area contributed by atoms with E-state index in [1.165, 1.54) is 95.0 Å². The monoisotopic (exact) mass is 1730 g/mol. The molecule has 0 amide bonds. The van der Waals surface area contributed by atoms with Gasteiger partial charge in [-0.05, 0) is 146 Å². The van der Waals surface area contributed by atoms with Gasteiger partial charge in [0.25, 0.3) is 33.4 Å². The van der Waals surface area contributed by atoms with Crippen LogP contribution in [0.4, 0.5) is 0 Å². The standard InChI is InChI=1S/3C14H20N4O3.C13H20N4O3.2C13H18N4O3/c3*1-9(19)7-5-6-8-18-13(20)11-12(17(4)14(18)21)15-10(2)16(11)3;3*1-9(18)6-4-5-7-17-12(19)10-11(14-8-15(10)2)16(3)13(17)20/h3*5-8H2,1-4H3;8-9,18H,4-7H2,1-3H3;2*8H,4-7H2,1-3H3/i3D3,4D3,7D2;3D3,7D2;7D2;9D;3D3;. The van der Waals surface area contributed by atoms with Crippen molar-refractivity contribution in [3.8, 4) is 0 Å². The molecule has 1 unspecified atom stereocenters. The Labute approximate surface area is 730 Å². The second kappa shape index (κ2) is 42.6. The predicted molar refractivity (Wildman–Crippen MR) is 464 cm³/mol. The van der Waals surface area contributed by atoms with Crippen LogP contribution in [-0.2, 0) is 148 Å². The van der Waals surface area contributed by atoms with Crippen molar-refractivity contribution in [1.82, 2.24) is 112 Å². The van der Waals surface area contributed by atoms with Crippen LogP contribution in [0.1, 0.15) is 200 Å². The third-order valence-electron chi connectivity index (χ3n) is 19.7. The number of aromatic nitrogens is 24. The van der Waals surface area contributed by atoms with Crippen LogP contribution < -0.4 is 67.5 Å². The largest absolute Gasteiger partial charge is 0.393 e. The first kappa shape index (κ1) is 71.9. The van der Waals surface area contributed by atoms with E-state index in [2.05, 4.69) is 29.9 Å². The molecule has 0 aliphatic carbocycles. The van der Waals surface area contributed by atoms with Gasteiger partial charge in [0.1, 0.15) is 46.4 Å². The van der Waals surface area contributed by atoms with Crippen molar-refractivity contribution in [2.45, 2.75) is 223 Å². The van der Waals surface area contributed by atoms with Gasteiger partial charge in [-0.15, -0.1) is 0 Å². The Balaban J connectivity index is 0.000000232. The maximum Gasteiger partial charge on any atom is 0.332 e. The zero-order chi connectivity index (χ0) is 108. The van der Waals surface area contributed by atoms with E-state index in [0.29, 0.717) is 117 Å². The molecular weight excluding hydrogens is 1600 g/mol. The van der Waals surface area contributed by atoms with Crippen molar-refractivity contribution in [1.29, 1.82) is 0 Å². The van der Waals surface area contributed by atoms with Gasteiger partial charge >= 0.3 is 34.1 Å². The number of hydrogen-bond acceptors (Lipinski definition) is 24. The molecule has 0 aromatic carbocycles. The molecule has 12 heterocycles. The number of rotatable bonds is 30. The summed E-state index contributed by atoms with van der Waals surface area (Å²) in [5, 5.41) is 9.34. The summed E-state index contributed by atoms with van der Waals surface area (Å²) in [7, 11) is 12.8. The number of nitrogens with zero attached hydrogens (tertiary/aromatic N) is 24. The molecule has 42 nitrogen and oxygen atoms in total. The Bertz CT molecular complexity index is 7640. The minimum Gasteiger partial charge on any atom is -0.393 e. The molecule has 0 aliphatic rings. The Hall–Kier alpha value is -12.8. The van der Waals surface area contributed by atoms with Crippen LogP contribution >= 0.6 is 0 Å². The summed E-state index contributed by atoms with van der Waals surface area (Å²) in [6.45, 7) is 1.15. The molecule has 1 N–H and O–H groups in total. The third kappa shape index (κ3) is 22.5. The fourth-order valence-electron chi connectivity index (χ4n) is 12.9. The minimum atomic E-state index is -3.04. The van der Waals surface area contributed by atoms with Crippen LogP contribution in [0.25, 0.3) is 67.0 Å². The molecule has 12 aromatic rings. The van der Waals surface area contributed by atoms with Crippen molar-refractivity contribution >= 4 is 95.9 Å². The minimum absolute atomic E-state index is 0.0241. The second-order valence-electron chi connectivity index (χ2n) is 29.2. The van der Waals surface area contributed by atoms with E-state index >= 15 is 0 Å². The highest BCUT2D eigenvalue weighted by Gasteiger charge is 2.23. The molecule has 0 saturated carbocycles. The molecule has 12 aromatic heterocycles. The van der Waals surface area contributed by atoms with Crippen LogP contribution in [0.5, 0.6) is 0 Å². The van der Waals surface area contributed by atoms with Crippen molar-refractivity contribution in [2.24, 2.45) is 84.3 Å². The van der Waals surface area contributed by atoms with Gasteiger partial charge in [0.15, 0.2) is 67.0 Å². The first-order valence-electron chi connectivity index (χ1n) is 48.4. The molecule has 0 saturated heterocycles. The molecule has 42 heteroatoms. The van der Waals surface area contributed by atoms with Crippen molar-refractivity contribution in [3.63, 3.8) is 0 Å². The van der Waals surface area contributed by atoms with Gasteiger partial charge in [-0.1, -0.05) is 0 Å². The molecular formula is C81H116N24O18. The third-order valence-corrected chi connectivity index (χ3v) is 19.7. The highest BCUT2D eigenvalue weighted by Crippen LogP contribution is 2.14. The number of aliphatic hydroxyl groups is 1. The average Bonchev–Trinajstić information content (AvgIpc) is 1.57. The number of carbonyl (C=O) groups excluding carboxylic acids is 5. The van der Waals surface area contributed by atoms with Gasteiger partial charge in [-0.25, -0.2) is 58.7 Å². The zero-order valence-electron chi connectivity index (χ0n) is 90.7. The van der Waals surface area contributed by atoms with Crippen LogP contribution in [0.3, 0.4) is 0 Å². The van der Waals surface area contributed by atoms with E-state index in [4.69, 9.17) is 26.0 Å². The molecule has 1 atom stereocenters. The van der Waals surface area contributed by atoms with Crippen LogP contribution in [0.15, 0.2) is 76.5 Å². The Morgan fingerprint density at radius 2 is 0.553 bits per heavy atom. The first-order valence-corrected chi connectivity index (χ1v) is 38.9. The van der Waals surface area contributed by atoms with E-state index < -0.39 is 139 Å². The number of fused-ring (bicyclic) bond motifs is 6. The summed E-state index contributed by atoms with van der Waals surface area (Å²) in [5.74, 6) is -1.24. The fourth-order valence-corrected chi connectivity index (χ4v) is 12.9. The van der Waals surface area contributed by atoms with Gasteiger partial charge < -0.3 is 56.5 Å². The van der Waals surface area contributed by atoms with Crippen molar-refractivity contribution in [2.75, 3.05) is 0 Å². The molecule has 123 heavy (non-hydrogen) atoms. The quantitative estimate of drug-likeness (QED) is 0.0628. The van der Waals surface area contributed by atoms with E-state index in [-0.39, 0.29) is 132 Å². The van der Waals surface area contributed by atoms with Crippen molar-refractivity contribution < 1.29 is 55.1 Å². The molecule has 12 rings (SSSR count). The summed E-state index contributed by atoms with van der Waals surface area (Å²) in [4.78, 5) is 229. The molecule has 0 spiro atoms. The zero-order valence-corrected chi connectivity index (χ0v) is 71.7. The predicted octanol–water partition coefficient (Wildman–Crippen LogP) is 1.88. The SMILES string of the molecule is CC(=O)CCCCn1c(=O)c2c(ncn2C)n(C)c1=O.[2H]C(C)(O)CCCCn1c(=O)c2c(ncn2C)n(C)c1=O.[2H]C([2H])(CCCn1c(=O)c2c(nc(C)n2C([2H])([2H])[2H])n(C([2H])([2H])[2H])c1=O)C(C)=O.[2H]C([2H])(CCCn1c(=O)c2c(nc(C)n2C([2H])([2H])[2H])n(C)c1=O)C(C)=O.[2H]C([2H])(CCCn1c(=O)c2c(nc(C)n2C)n(C)c1=O)C(C)=O.[2H]C([2H])([2H])n1c(=O)n(CCCCC(C)=O)c(=O)c2c1ncn2C. The van der Waals surface area contributed by atoms with Gasteiger partial charge in [0, 0.05) is 180 Å². The maximum atomic E-state index is 12.9. The van der Waals surface area contributed by atoms with E-state index in [0.717, 1.165) is 36.7 Å². The second-order valence-corrected chi connectivity index (χ2v) is 29.2. The van der Waals surface area contributed by atoms with Gasteiger partial charge in [0.2, 0.25) is 0 Å². The number of Topliss-reactive ketones (excluding diaryl/α,β-unsaturated/α-hetero) is 5. The molecule has 0 radical (unpaired) electrons. The Kier molecular flexibility index (Phi) is 24.9. The number of unbranched alkanes of at least 4 members (excludes halogenated alkanes) is 3. The number of imidazole rings is 6. The van der Waals surface area contributed by atoms with Gasteiger partial charge in [-0.3, -0.25) is 83.6 Å². The topological polar surface area (TPSA) is 476 Å². The lowest BCUT2D eigenvalue weighted by molar-refractivity contribution is -0.118. The highest BCUT2D eigenvalue weighted by molar-refractivity contribution is 5.78. The summed E-state index contributed by atoms with van der Waals surface area (Å²) in [5.41, 5.74) is -6.86.